The lowest BCUT2D eigenvalue weighted by molar-refractivity contribution is -0.129. The third-order valence-electron chi connectivity index (χ3n) is 2.98. The van der Waals surface area contributed by atoms with Gasteiger partial charge in [-0.3, -0.25) is 4.79 Å². The van der Waals surface area contributed by atoms with Crippen LogP contribution in [0.25, 0.3) is 0 Å². The fourth-order valence-corrected chi connectivity index (χ4v) is 2.06. The van der Waals surface area contributed by atoms with E-state index in [1.165, 1.54) is 0 Å². The Balaban J connectivity index is 1.87. The molecule has 2 N–H and O–H groups in total. The average molecular weight is 294 g/mol. The molecule has 0 bridgehead atoms. The minimum Gasteiger partial charge on any atom is -0.378 e. The Hall–Kier alpha value is -1.85. The van der Waals surface area contributed by atoms with Crippen molar-refractivity contribution < 1.29 is 9.90 Å². The van der Waals surface area contributed by atoms with E-state index in [0.29, 0.717) is 23.6 Å². The van der Waals surface area contributed by atoms with E-state index in [4.69, 9.17) is 11.6 Å². The van der Waals surface area contributed by atoms with E-state index in [0.717, 1.165) is 5.82 Å². The number of aryl methyl sites for hydroxylation is 1. The van der Waals surface area contributed by atoms with Gasteiger partial charge in [-0.2, -0.15) is 0 Å². The molecule has 0 fully saturated rings. The Kier molecular flexibility index (Phi) is 4.76. The van der Waals surface area contributed by atoms with Crippen LogP contribution in [-0.4, -0.2) is 27.1 Å². The van der Waals surface area contributed by atoms with Crippen LogP contribution in [-0.2, 0) is 18.3 Å². The van der Waals surface area contributed by atoms with Gasteiger partial charge >= 0.3 is 0 Å². The highest BCUT2D eigenvalue weighted by atomic mass is 35.5. The molecule has 0 aliphatic carbocycles. The molecule has 0 spiro atoms. The second-order valence-electron chi connectivity index (χ2n) is 4.45. The summed E-state index contributed by atoms with van der Waals surface area (Å²) in [7, 11) is 1.89. The Morgan fingerprint density at radius 2 is 2.35 bits per heavy atom. The second kappa shape index (κ2) is 6.54. The average Bonchev–Trinajstić information content (AvgIpc) is 2.83. The third-order valence-corrected chi connectivity index (χ3v) is 3.22. The van der Waals surface area contributed by atoms with E-state index in [-0.39, 0.29) is 0 Å². The van der Waals surface area contributed by atoms with Crippen LogP contribution in [0.2, 0.25) is 5.02 Å². The maximum Gasteiger partial charge on any atom is 0.253 e. The van der Waals surface area contributed by atoms with Gasteiger partial charge in [0, 0.05) is 37.4 Å². The number of nitrogens with zero attached hydrogens (tertiary/aromatic N) is 2. The first-order valence-electron chi connectivity index (χ1n) is 6.25. The molecule has 0 aliphatic heterocycles. The summed E-state index contributed by atoms with van der Waals surface area (Å²) in [5.41, 5.74) is 0.479. The highest BCUT2D eigenvalue weighted by molar-refractivity contribution is 6.30. The largest absolute Gasteiger partial charge is 0.378 e. The molecule has 0 saturated carbocycles. The number of hydrogen-bond acceptors (Lipinski definition) is 3. The summed E-state index contributed by atoms with van der Waals surface area (Å²) in [6, 6.07) is 6.62. The van der Waals surface area contributed by atoms with E-state index >= 15 is 0 Å². The number of benzene rings is 1. The number of amides is 1. The van der Waals surface area contributed by atoms with Crippen molar-refractivity contribution in [1.82, 2.24) is 14.9 Å². The van der Waals surface area contributed by atoms with Crippen LogP contribution in [0.5, 0.6) is 0 Å². The number of hydrogen-bond donors (Lipinski definition) is 2. The van der Waals surface area contributed by atoms with Crippen LogP contribution in [0.3, 0.4) is 0 Å². The molecule has 0 unspecified atom stereocenters. The molecular weight excluding hydrogens is 278 g/mol. The SMILES string of the molecule is Cn1ccnc1CCNC(=O)[C@H](O)c1cccc(Cl)c1. The Bertz CT molecular complexity index is 598. The van der Waals surface area contributed by atoms with Gasteiger partial charge in [-0.15, -0.1) is 0 Å². The normalized spacial score (nSPS) is 12.2. The molecule has 1 amide bonds. The fourth-order valence-electron chi connectivity index (χ4n) is 1.86. The minimum absolute atomic E-state index is 0.418. The monoisotopic (exact) mass is 293 g/mol. The Morgan fingerprint density at radius 3 is 3.00 bits per heavy atom. The van der Waals surface area contributed by atoms with Crippen molar-refractivity contribution in [2.24, 2.45) is 7.05 Å². The molecule has 2 aromatic rings. The Morgan fingerprint density at radius 1 is 1.55 bits per heavy atom. The molecule has 5 nitrogen and oxygen atoms in total. The fraction of sp³-hybridized carbons (Fsp3) is 0.286. The maximum atomic E-state index is 11.8. The lowest BCUT2D eigenvalue weighted by atomic mass is 10.1. The number of nitrogens with one attached hydrogen (secondary N) is 1. The smallest absolute Gasteiger partial charge is 0.253 e. The number of aromatic nitrogens is 2. The van der Waals surface area contributed by atoms with Gasteiger partial charge in [0.05, 0.1) is 0 Å². The molecule has 20 heavy (non-hydrogen) atoms. The zero-order valence-electron chi connectivity index (χ0n) is 11.1. The van der Waals surface area contributed by atoms with Crippen LogP contribution in [0.15, 0.2) is 36.7 Å². The van der Waals surface area contributed by atoms with Crippen molar-refractivity contribution in [3.05, 3.63) is 53.1 Å². The topological polar surface area (TPSA) is 67.2 Å². The summed E-state index contributed by atoms with van der Waals surface area (Å²) < 4.78 is 1.89. The molecular formula is C14H16ClN3O2. The Labute approximate surface area is 122 Å². The van der Waals surface area contributed by atoms with Crippen LogP contribution < -0.4 is 5.32 Å². The molecule has 1 heterocycles. The number of aliphatic hydroxyl groups excluding tert-OH is 1. The van der Waals surface area contributed by atoms with Gasteiger partial charge in [-0.05, 0) is 17.7 Å². The van der Waals surface area contributed by atoms with Crippen molar-refractivity contribution in [2.75, 3.05) is 6.54 Å². The zero-order chi connectivity index (χ0) is 14.5. The highest BCUT2D eigenvalue weighted by Gasteiger charge is 2.17. The summed E-state index contributed by atoms with van der Waals surface area (Å²) >= 11 is 5.83. The van der Waals surface area contributed by atoms with E-state index in [2.05, 4.69) is 10.3 Å². The van der Waals surface area contributed by atoms with Gasteiger partial charge in [0.25, 0.3) is 5.91 Å². The van der Waals surface area contributed by atoms with Gasteiger partial charge in [0.15, 0.2) is 6.10 Å². The number of carbonyl (C=O) groups is 1. The maximum absolute atomic E-state index is 11.8. The lowest BCUT2D eigenvalue weighted by Gasteiger charge is -2.12. The number of carbonyl (C=O) groups excluding carboxylic acids is 1. The summed E-state index contributed by atoms with van der Waals surface area (Å²) in [5, 5.41) is 13.1. The van der Waals surface area contributed by atoms with E-state index in [9.17, 15) is 9.90 Å². The van der Waals surface area contributed by atoms with Crippen molar-refractivity contribution in [1.29, 1.82) is 0 Å². The second-order valence-corrected chi connectivity index (χ2v) is 4.89. The van der Waals surface area contributed by atoms with E-state index in [1.807, 2.05) is 17.8 Å². The first-order chi connectivity index (χ1) is 9.58. The highest BCUT2D eigenvalue weighted by Crippen LogP contribution is 2.17. The standard InChI is InChI=1S/C14H16ClN3O2/c1-18-8-7-16-12(18)5-6-17-14(20)13(19)10-3-2-4-11(15)9-10/h2-4,7-9,13,19H,5-6H2,1H3,(H,17,20)/t13-/m1/s1. The molecule has 1 aromatic heterocycles. The van der Waals surface area contributed by atoms with Gasteiger partial charge in [0.2, 0.25) is 0 Å². The number of halogens is 1. The van der Waals surface area contributed by atoms with Gasteiger partial charge in [-0.25, -0.2) is 4.98 Å². The van der Waals surface area contributed by atoms with Gasteiger partial charge in [0.1, 0.15) is 5.82 Å². The van der Waals surface area contributed by atoms with Crippen LogP contribution in [0.1, 0.15) is 17.5 Å². The molecule has 0 radical (unpaired) electrons. The van der Waals surface area contributed by atoms with Gasteiger partial charge in [-0.1, -0.05) is 23.7 Å². The lowest BCUT2D eigenvalue weighted by Crippen LogP contribution is -2.31. The predicted molar refractivity (Wildman–Crippen MR) is 76.3 cm³/mol. The first-order valence-corrected chi connectivity index (χ1v) is 6.63. The number of rotatable bonds is 5. The van der Waals surface area contributed by atoms with Crippen molar-refractivity contribution in [3.8, 4) is 0 Å². The summed E-state index contributed by atoms with van der Waals surface area (Å²) in [6.07, 6.45) is 2.95. The summed E-state index contributed by atoms with van der Waals surface area (Å²) in [4.78, 5) is 16.0. The van der Waals surface area contributed by atoms with Crippen molar-refractivity contribution >= 4 is 17.5 Å². The molecule has 1 atom stereocenters. The quantitative estimate of drug-likeness (QED) is 0.877. The van der Waals surface area contributed by atoms with Crippen molar-refractivity contribution in [2.45, 2.75) is 12.5 Å². The first kappa shape index (κ1) is 14.6. The van der Waals surface area contributed by atoms with E-state index < -0.39 is 12.0 Å². The van der Waals surface area contributed by atoms with Crippen LogP contribution in [0.4, 0.5) is 0 Å². The van der Waals surface area contributed by atoms with Crippen LogP contribution in [0, 0.1) is 0 Å². The molecule has 2 rings (SSSR count). The molecule has 1 aromatic carbocycles. The number of imidazole rings is 1. The summed E-state index contributed by atoms with van der Waals surface area (Å²) in [6.45, 7) is 0.418. The zero-order valence-corrected chi connectivity index (χ0v) is 11.8. The van der Waals surface area contributed by atoms with E-state index in [1.54, 1.807) is 30.5 Å². The third kappa shape index (κ3) is 3.59. The summed E-state index contributed by atoms with van der Waals surface area (Å²) in [5.74, 6) is 0.434. The molecule has 0 saturated heterocycles. The number of aliphatic hydroxyl groups is 1. The minimum atomic E-state index is -1.21. The molecule has 6 heteroatoms. The van der Waals surface area contributed by atoms with Crippen LogP contribution >= 0.6 is 11.6 Å². The molecule has 0 aliphatic rings. The predicted octanol–water partition coefficient (Wildman–Crippen LogP) is 1.47. The molecule has 106 valence electrons. The van der Waals surface area contributed by atoms with Gasteiger partial charge < -0.3 is 15.0 Å². The van der Waals surface area contributed by atoms with Crippen molar-refractivity contribution in [3.63, 3.8) is 0 Å².